The Hall–Kier alpha value is -4.06. The molecular formula is C25H22N4O2. The number of benzene rings is 3. The fraction of sp³-hybridized carbons (Fsp3) is 0.120. The molecule has 1 aromatic heterocycles. The Balaban J connectivity index is 1.40. The van der Waals surface area contributed by atoms with E-state index >= 15 is 0 Å². The maximum Gasteiger partial charge on any atom is 0.226 e. The lowest BCUT2D eigenvalue weighted by Gasteiger charge is -2.24. The van der Waals surface area contributed by atoms with Crippen molar-refractivity contribution in [3.05, 3.63) is 108 Å². The topological polar surface area (TPSA) is 61.2 Å². The highest BCUT2D eigenvalue weighted by atomic mass is 16.5. The van der Waals surface area contributed by atoms with Crippen molar-refractivity contribution >= 4 is 11.6 Å². The summed E-state index contributed by atoms with van der Waals surface area (Å²) in [5, 5.41) is 7.78. The van der Waals surface area contributed by atoms with E-state index in [1.807, 2.05) is 59.3 Å². The normalized spacial score (nSPS) is 14.9. The van der Waals surface area contributed by atoms with E-state index in [0.29, 0.717) is 12.6 Å². The van der Waals surface area contributed by atoms with Crippen LogP contribution in [0.15, 0.2) is 91.3 Å². The maximum atomic E-state index is 5.93. The summed E-state index contributed by atoms with van der Waals surface area (Å²) in [5.41, 5.74) is 4.24. The van der Waals surface area contributed by atoms with Gasteiger partial charge in [0, 0.05) is 11.3 Å². The number of ether oxygens (including phenoxy) is 2. The predicted molar refractivity (Wildman–Crippen MR) is 120 cm³/mol. The Morgan fingerprint density at radius 1 is 0.935 bits per heavy atom. The first-order valence-electron chi connectivity index (χ1n) is 10.1. The van der Waals surface area contributed by atoms with Gasteiger partial charge in [0.25, 0.3) is 0 Å². The summed E-state index contributed by atoms with van der Waals surface area (Å²) in [4.78, 5) is 4.38. The van der Waals surface area contributed by atoms with Gasteiger partial charge in [-0.25, -0.2) is 4.68 Å². The molecule has 0 saturated carbocycles. The van der Waals surface area contributed by atoms with E-state index in [1.54, 1.807) is 13.4 Å². The molecule has 2 heterocycles. The number of methoxy groups -OCH3 is 1. The average molecular weight is 410 g/mol. The highest BCUT2D eigenvalue weighted by molar-refractivity contribution is 5.77. The minimum absolute atomic E-state index is 0.0804. The molecule has 4 aromatic rings. The van der Waals surface area contributed by atoms with Crippen LogP contribution in [0.2, 0.25) is 0 Å². The molecule has 0 saturated heterocycles. The van der Waals surface area contributed by atoms with Crippen LogP contribution < -0.4 is 14.8 Å². The third-order valence-electron chi connectivity index (χ3n) is 5.26. The highest BCUT2D eigenvalue weighted by Gasteiger charge is 2.23. The molecule has 5 rings (SSSR count). The molecule has 1 aliphatic rings. The molecule has 31 heavy (non-hydrogen) atoms. The summed E-state index contributed by atoms with van der Waals surface area (Å²) in [6.45, 7) is 0.542. The van der Waals surface area contributed by atoms with Crippen molar-refractivity contribution in [2.75, 3.05) is 12.4 Å². The van der Waals surface area contributed by atoms with Crippen molar-refractivity contribution in [1.29, 1.82) is 0 Å². The van der Waals surface area contributed by atoms with Crippen LogP contribution >= 0.6 is 0 Å². The molecule has 154 valence electrons. The fourth-order valence-corrected chi connectivity index (χ4v) is 3.63. The first-order valence-corrected chi connectivity index (χ1v) is 10.1. The molecule has 0 amide bonds. The number of hydrogen-bond acceptors (Lipinski definition) is 5. The second kappa shape index (κ2) is 8.36. The molecule has 1 aliphatic heterocycles. The Morgan fingerprint density at radius 3 is 2.58 bits per heavy atom. The van der Waals surface area contributed by atoms with Gasteiger partial charge in [-0.1, -0.05) is 54.6 Å². The van der Waals surface area contributed by atoms with Crippen molar-refractivity contribution in [1.82, 2.24) is 14.8 Å². The number of anilines is 1. The number of allylic oxidation sites excluding steroid dienone is 1. The Labute approximate surface area is 180 Å². The van der Waals surface area contributed by atoms with Crippen LogP contribution in [0, 0.1) is 0 Å². The highest BCUT2D eigenvalue weighted by Crippen LogP contribution is 2.33. The Morgan fingerprint density at radius 2 is 1.77 bits per heavy atom. The summed E-state index contributed by atoms with van der Waals surface area (Å²) in [6.07, 6.45) is 3.71. The Bertz CT molecular complexity index is 1200. The first-order chi connectivity index (χ1) is 15.3. The van der Waals surface area contributed by atoms with E-state index in [4.69, 9.17) is 9.47 Å². The Kier molecular flexibility index (Phi) is 5.10. The molecule has 0 spiro atoms. The van der Waals surface area contributed by atoms with Gasteiger partial charge in [-0.3, -0.25) is 0 Å². The largest absolute Gasteiger partial charge is 0.497 e. The lowest BCUT2D eigenvalue weighted by atomic mass is 10.0. The van der Waals surface area contributed by atoms with E-state index in [2.05, 4.69) is 45.7 Å². The van der Waals surface area contributed by atoms with Gasteiger partial charge in [0.05, 0.1) is 7.11 Å². The summed E-state index contributed by atoms with van der Waals surface area (Å²) in [7, 11) is 1.67. The van der Waals surface area contributed by atoms with Crippen molar-refractivity contribution in [3.63, 3.8) is 0 Å². The number of nitrogens with zero attached hydrogens (tertiary/aromatic N) is 3. The second-order valence-corrected chi connectivity index (χ2v) is 7.25. The van der Waals surface area contributed by atoms with Gasteiger partial charge in [-0.05, 0) is 41.5 Å². The molecule has 6 nitrogen and oxygen atoms in total. The van der Waals surface area contributed by atoms with Crippen molar-refractivity contribution in [3.8, 4) is 11.5 Å². The predicted octanol–water partition coefficient (Wildman–Crippen LogP) is 4.92. The van der Waals surface area contributed by atoms with Gasteiger partial charge in [-0.2, -0.15) is 10.1 Å². The molecule has 1 unspecified atom stereocenters. The zero-order valence-electron chi connectivity index (χ0n) is 17.1. The van der Waals surface area contributed by atoms with E-state index in [0.717, 1.165) is 33.9 Å². The van der Waals surface area contributed by atoms with Gasteiger partial charge in [0.15, 0.2) is 0 Å². The fourth-order valence-electron chi connectivity index (χ4n) is 3.63. The van der Waals surface area contributed by atoms with Crippen molar-refractivity contribution < 1.29 is 9.47 Å². The third-order valence-corrected chi connectivity index (χ3v) is 5.26. The average Bonchev–Trinajstić information content (AvgIpc) is 3.32. The zero-order chi connectivity index (χ0) is 21.0. The van der Waals surface area contributed by atoms with Crippen molar-refractivity contribution in [2.45, 2.75) is 12.6 Å². The van der Waals surface area contributed by atoms with Crippen LogP contribution in [-0.4, -0.2) is 21.9 Å². The van der Waals surface area contributed by atoms with Crippen LogP contribution in [0.5, 0.6) is 11.5 Å². The summed E-state index contributed by atoms with van der Waals surface area (Å²) < 4.78 is 13.2. The smallest absolute Gasteiger partial charge is 0.226 e. The SMILES string of the molecule is COc1cccc(C2=CC(c3ccc(OCc4ccccc4)cc3)n3ncnc3N2)c1. The third kappa shape index (κ3) is 4.00. The maximum absolute atomic E-state index is 5.93. The molecule has 1 atom stereocenters. The number of fused-ring (bicyclic) bond motifs is 1. The van der Waals surface area contributed by atoms with Gasteiger partial charge >= 0.3 is 0 Å². The number of aromatic nitrogens is 3. The quantitative estimate of drug-likeness (QED) is 0.489. The van der Waals surface area contributed by atoms with E-state index < -0.39 is 0 Å². The summed E-state index contributed by atoms with van der Waals surface area (Å²) >= 11 is 0. The van der Waals surface area contributed by atoms with E-state index in [9.17, 15) is 0 Å². The van der Waals surface area contributed by atoms with Crippen LogP contribution in [0.4, 0.5) is 5.95 Å². The zero-order valence-corrected chi connectivity index (χ0v) is 17.1. The van der Waals surface area contributed by atoms with Gasteiger partial charge < -0.3 is 14.8 Å². The molecule has 0 bridgehead atoms. The molecular weight excluding hydrogens is 388 g/mol. The van der Waals surface area contributed by atoms with E-state index in [1.165, 1.54) is 0 Å². The van der Waals surface area contributed by atoms with Crippen LogP contribution in [0.1, 0.15) is 22.7 Å². The standard InChI is InChI=1S/C25H22N4O2/c1-30-22-9-5-8-20(14-22)23-15-24(29-25(28-23)26-17-27-29)19-10-12-21(13-11-19)31-16-18-6-3-2-4-7-18/h2-15,17,24H,16H2,1H3,(H,26,27,28). The number of hydrogen-bond donors (Lipinski definition) is 1. The minimum Gasteiger partial charge on any atom is -0.497 e. The molecule has 0 aliphatic carbocycles. The van der Waals surface area contributed by atoms with Crippen molar-refractivity contribution in [2.24, 2.45) is 0 Å². The van der Waals surface area contributed by atoms with E-state index in [-0.39, 0.29) is 6.04 Å². The van der Waals surface area contributed by atoms with Crippen LogP contribution in [0.3, 0.4) is 0 Å². The molecule has 6 heteroatoms. The summed E-state index contributed by atoms with van der Waals surface area (Å²) in [6, 6.07) is 26.2. The number of nitrogens with one attached hydrogen (secondary N) is 1. The lowest BCUT2D eigenvalue weighted by Crippen LogP contribution is -2.20. The second-order valence-electron chi connectivity index (χ2n) is 7.25. The molecule has 0 radical (unpaired) electrons. The first kappa shape index (κ1) is 18.9. The minimum atomic E-state index is -0.0804. The van der Waals surface area contributed by atoms with Crippen LogP contribution in [-0.2, 0) is 6.61 Å². The molecule has 3 aromatic carbocycles. The van der Waals surface area contributed by atoms with Crippen LogP contribution in [0.25, 0.3) is 5.70 Å². The molecule has 0 fully saturated rings. The monoisotopic (exact) mass is 410 g/mol. The van der Waals surface area contributed by atoms with Gasteiger partial charge in [0.1, 0.15) is 30.5 Å². The summed E-state index contributed by atoms with van der Waals surface area (Å²) in [5.74, 6) is 2.34. The number of rotatable bonds is 6. The lowest BCUT2D eigenvalue weighted by molar-refractivity contribution is 0.306. The van der Waals surface area contributed by atoms with Gasteiger partial charge in [0.2, 0.25) is 5.95 Å². The van der Waals surface area contributed by atoms with Gasteiger partial charge in [-0.15, -0.1) is 0 Å². The molecule has 1 N–H and O–H groups in total.